The van der Waals surface area contributed by atoms with Crippen molar-refractivity contribution in [3.63, 3.8) is 0 Å². The Morgan fingerprint density at radius 3 is 2.45 bits per heavy atom. The van der Waals surface area contributed by atoms with Gasteiger partial charge in [0.15, 0.2) is 11.5 Å². The van der Waals surface area contributed by atoms with Gasteiger partial charge in [0.25, 0.3) is 0 Å². The van der Waals surface area contributed by atoms with Crippen molar-refractivity contribution in [2.45, 2.75) is 18.9 Å². The molecule has 1 atom stereocenters. The molecule has 4 rings (SSSR count). The number of rotatable bonds is 7. The predicted molar refractivity (Wildman–Crippen MR) is 120 cm³/mol. The van der Waals surface area contributed by atoms with E-state index in [0.717, 1.165) is 11.1 Å². The number of nitrogens with one attached hydrogen (secondary N) is 2. The number of hydrogen-bond donors (Lipinski definition) is 2. The highest BCUT2D eigenvalue weighted by Gasteiger charge is 2.19. The Labute approximate surface area is 190 Å². The molecule has 1 aliphatic rings. The predicted octanol–water partition coefficient (Wildman–Crippen LogP) is 4.32. The van der Waals surface area contributed by atoms with Crippen molar-refractivity contribution in [1.29, 1.82) is 0 Å². The van der Waals surface area contributed by atoms with Gasteiger partial charge in [-0.15, -0.1) is 0 Å². The summed E-state index contributed by atoms with van der Waals surface area (Å²) >= 11 is 0. The monoisotopic (exact) mass is 450 g/mol. The third-order valence-electron chi connectivity index (χ3n) is 5.23. The molecule has 3 aromatic rings. The van der Waals surface area contributed by atoms with Gasteiger partial charge in [-0.1, -0.05) is 30.3 Å². The Morgan fingerprint density at radius 1 is 0.970 bits per heavy atom. The van der Waals surface area contributed by atoms with Gasteiger partial charge in [0, 0.05) is 6.04 Å². The lowest BCUT2D eigenvalue weighted by atomic mass is 9.98. The van der Waals surface area contributed by atoms with Gasteiger partial charge < -0.3 is 24.8 Å². The number of methoxy groups -OCH3 is 1. The van der Waals surface area contributed by atoms with Crippen molar-refractivity contribution < 1.29 is 28.2 Å². The van der Waals surface area contributed by atoms with Gasteiger partial charge in [-0.25, -0.2) is 14.0 Å². The molecule has 0 bridgehead atoms. The van der Waals surface area contributed by atoms with Crippen LogP contribution in [0.1, 0.15) is 21.5 Å². The molecule has 3 aromatic carbocycles. The summed E-state index contributed by atoms with van der Waals surface area (Å²) < 4.78 is 28.9. The molecule has 0 saturated heterocycles. The van der Waals surface area contributed by atoms with Gasteiger partial charge in [0.1, 0.15) is 5.82 Å². The Kier molecular flexibility index (Phi) is 6.73. The summed E-state index contributed by atoms with van der Waals surface area (Å²) in [4.78, 5) is 24.8. The third-order valence-corrected chi connectivity index (χ3v) is 5.23. The summed E-state index contributed by atoms with van der Waals surface area (Å²) in [5.74, 6) is 0.466. The van der Waals surface area contributed by atoms with E-state index in [2.05, 4.69) is 10.6 Å². The number of hydrogen-bond acceptors (Lipinski definition) is 5. The molecule has 1 unspecified atom stereocenters. The first-order valence-electron chi connectivity index (χ1n) is 10.4. The van der Waals surface area contributed by atoms with Crippen molar-refractivity contribution in [2.75, 3.05) is 19.2 Å². The minimum atomic E-state index is -0.547. The van der Waals surface area contributed by atoms with Gasteiger partial charge in [-0.2, -0.15) is 0 Å². The fourth-order valence-corrected chi connectivity index (χ4v) is 3.66. The van der Waals surface area contributed by atoms with Crippen LogP contribution >= 0.6 is 0 Å². The van der Waals surface area contributed by atoms with Crippen LogP contribution in [0.25, 0.3) is 0 Å². The van der Waals surface area contributed by atoms with Crippen molar-refractivity contribution >= 4 is 17.7 Å². The molecule has 33 heavy (non-hydrogen) atoms. The van der Waals surface area contributed by atoms with E-state index >= 15 is 0 Å². The lowest BCUT2D eigenvalue weighted by Crippen LogP contribution is -2.41. The number of para-hydroxylation sites is 1. The summed E-state index contributed by atoms with van der Waals surface area (Å²) in [7, 11) is 1.28. The number of carbonyl (C=O) groups is 2. The van der Waals surface area contributed by atoms with E-state index in [1.165, 1.54) is 19.2 Å². The van der Waals surface area contributed by atoms with Crippen LogP contribution in [0.15, 0.2) is 66.7 Å². The topological polar surface area (TPSA) is 85.9 Å². The number of benzene rings is 3. The molecule has 0 aliphatic carbocycles. The molecule has 0 fully saturated rings. The van der Waals surface area contributed by atoms with E-state index in [4.69, 9.17) is 14.2 Å². The minimum Gasteiger partial charge on any atom is -0.465 e. The van der Waals surface area contributed by atoms with Crippen LogP contribution in [-0.2, 0) is 17.6 Å². The van der Waals surface area contributed by atoms with Gasteiger partial charge in [0.05, 0.1) is 18.4 Å². The van der Waals surface area contributed by atoms with Crippen LogP contribution in [0.2, 0.25) is 0 Å². The Bertz CT molecular complexity index is 1150. The number of urea groups is 1. The number of amides is 2. The molecule has 7 nitrogen and oxygen atoms in total. The van der Waals surface area contributed by atoms with Crippen LogP contribution in [0, 0.1) is 5.82 Å². The SMILES string of the molecule is COC(=O)c1ccccc1NC(=O)NC(Cc1ccc(F)cc1)Cc1ccc2c(c1)OCO2. The molecule has 0 aromatic heterocycles. The Hall–Kier alpha value is -4.07. The number of carbonyl (C=O) groups excluding carboxylic acids is 2. The highest BCUT2D eigenvalue weighted by Crippen LogP contribution is 2.33. The molecule has 2 N–H and O–H groups in total. The zero-order valence-electron chi connectivity index (χ0n) is 18.0. The first kappa shape index (κ1) is 22.1. The van der Waals surface area contributed by atoms with Gasteiger partial charge in [-0.3, -0.25) is 0 Å². The van der Waals surface area contributed by atoms with E-state index in [0.29, 0.717) is 30.0 Å². The molecule has 0 saturated carbocycles. The molecule has 2 amide bonds. The molecular formula is C25H23FN2O5. The minimum absolute atomic E-state index is 0.179. The summed E-state index contributed by atoms with van der Waals surface area (Å²) in [6.07, 6.45) is 0.973. The molecule has 1 aliphatic heterocycles. The van der Waals surface area contributed by atoms with Gasteiger partial charge in [0.2, 0.25) is 6.79 Å². The maximum atomic E-state index is 13.3. The Balaban J connectivity index is 1.51. The van der Waals surface area contributed by atoms with Crippen LogP contribution in [0.3, 0.4) is 0 Å². The molecule has 0 radical (unpaired) electrons. The maximum Gasteiger partial charge on any atom is 0.339 e. The van der Waals surface area contributed by atoms with Crippen molar-refractivity contribution in [1.82, 2.24) is 5.32 Å². The normalized spacial score (nSPS) is 12.7. The van der Waals surface area contributed by atoms with Crippen LogP contribution in [0.5, 0.6) is 11.5 Å². The van der Waals surface area contributed by atoms with Gasteiger partial charge in [-0.05, 0) is 60.4 Å². The average Bonchev–Trinajstić information content (AvgIpc) is 3.28. The summed E-state index contributed by atoms with van der Waals surface area (Å²) in [5.41, 5.74) is 2.41. The van der Waals surface area contributed by atoms with Crippen LogP contribution in [0.4, 0.5) is 14.9 Å². The van der Waals surface area contributed by atoms with E-state index in [9.17, 15) is 14.0 Å². The lowest BCUT2D eigenvalue weighted by molar-refractivity contribution is 0.0602. The molecular weight excluding hydrogens is 427 g/mol. The van der Waals surface area contributed by atoms with Crippen molar-refractivity contribution in [2.24, 2.45) is 0 Å². The highest BCUT2D eigenvalue weighted by molar-refractivity contribution is 6.00. The van der Waals surface area contributed by atoms with E-state index in [-0.39, 0.29) is 24.2 Å². The number of halogens is 1. The summed E-state index contributed by atoms with van der Waals surface area (Å²) in [5, 5.41) is 5.68. The van der Waals surface area contributed by atoms with Crippen LogP contribution < -0.4 is 20.1 Å². The zero-order valence-corrected chi connectivity index (χ0v) is 18.0. The molecule has 170 valence electrons. The quantitative estimate of drug-likeness (QED) is 0.524. The second-order valence-electron chi connectivity index (χ2n) is 7.55. The molecule has 1 heterocycles. The zero-order chi connectivity index (χ0) is 23.2. The second-order valence-corrected chi connectivity index (χ2v) is 7.55. The number of fused-ring (bicyclic) bond motifs is 1. The number of esters is 1. The Morgan fingerprint density at radius 2 is 1.67 bits per heavy atom. The largest absolute Gasteiger partial charge is 0.465 e. The third kappa shape index (κ3) is 5.60. The fraction of sp³-hybridized carbons (Fsp3) is 0.200. The fourth-order valence-electron chi connectivity index (χ4n) is 3.66. The van der Waals surface area contributed by atoms with E-state index in [1.54, 1.807) is 36.4 Å². The van der Waals surface area contributed by atoms with Crippen molar-refractivity contribution in [3.05, 3.63) is 89.2 Å². The maximum absolute atomic E-state index is 13.3. The van der Waals surface area contributed by atoms with Gasteiger partial charge >= 0.3 is 12.0 Å². The molecule has 0 spiro atoms. The van der Waals surface area contributed by atoms with Crippen LogP contribution in [-0.4, -0.2) is 31.9 Å². The summed E-state index contributed by atoms with van der Waals surface area (Å²) in [6, 6.07) is 17.6. The number of anilines is 1. The molecule has 8 heteroatoms. The second kappa shape index (κ2) is 10.0. The first-order valence-corrected chi connectivity index (χ1v) is 10.4. The first-order chi connectivity index (χ1) is 16.0. The average molecular weight is 450 g/mol. The smallest absolute Gasteiger partial charge is 0.339 e. The van der Waals surface area contributed by atoms with Crippen molar-refractivity contribution in [3.8, 4) is 11.5 Å². The highest BCUT2D eigenvalue weighted by atomic mass is 19.1. The van der Waals surface area contributed by atoms with E-state index in [1.807, 2.05) is 18.2 Å². The standard InChI is InChI=1S/C25H23FN2O5/c1-31-24(29)20-4-2-3-5-21(20)28-25(30)27-19(12-16-6-9-18(26)10-7-16)13-17-8-11-22-23(14-17)33-15-32-22/h2-11,14,19H,12-13,15H2,1H3,(H2,27,28,30). The summed E-state index contributed by atoms with van der Waals surface area (Å²) in [6.45, 7) is 0.179. The number of ether oxygens (including phenoxy) is 3. The van der Waals surface area contributed by atoms with E-state index < -0.39 is 12.0 Å². The lowest BCUT2D eigenvalue weighted by Gasteiger charge is -2.20.